The molecular formula is C26H23NO3. The number of fused-ring (bicyclic) bond motifs is 1. The fourth-order valence-corrected chi connectivity index (χ4v) is 3.40. The highest BCUT2D eigenvalue weighted by Crippen LogP contribution is 2.26. The van der Waals surface area contributed by atoms with Crippen molar-refractivity contribution >= 4 is 22.6 Å². The molecule has 1 N–H and O–H groups in total. The minimum Gasteiger partial charge on any atom is -0.456 e. The summed E-state index contributed by atoms with van der Waals surface area (Å²) in [5, 5.41) is 3.28. The summed E-state index contributed by atoms with van der Waals surface area (Å²) in [4.78, 5) is 25.2. The van der Waals surface area contributed by atoms with Gasteiger partial charge in [0, 0.05) is 22.9 Å². The molecule has 1 aromatic heterocycles. The highest BCUT2D eigenvalue weighted by molar-refractivity contribution is 6.05. The molecule has 150 valence electrons. The number of nitrogens with one attached hydrogen (secondary N) is 1. The van der Waals surface area contributed by atoms with Gasteiger partial charge in [-0.2, -0.15) is 0 Å². The quantitative estimate of drug-likeness (QED) is 0.450. The number of amides is 1. The van der Waals surface area contributed by atoms with Crippen LogP contribution >= 0.6 is 0 Å². The number of rotatable bonds is 4. The fourth-order valence-electron chi connectivity index (χ4n) is 3.40. The van der Waals surface area contributed by atoms with Gasteiger partial charge < -0.3 is 9.73 Å². The smallest absolute Gasteiger partial charge is 0.255 e. The van der Waals surface area contributed by atoms with Crippen molar-refractivity contribution < 1.29 is 9.21 Å². The summed E-state index contributed by atoms with van der Waals surface area (Å²) in [6.07, 6.45) is 0. The summed E-state index contributed by atoms with van der Waals surface area (Å²) < 4.78 is 5.98. The Balaban J connectivity index is 1.64. The van der Waals surface area contributed by atoms with E-state index in [1.807, 2.05) is 49.4 Å². The van der Waals surface area contributed by atoms with Crippen LogP contribution in [0.2, 0.25) is 0 Å². The number of carbonyl (C=O) groups excluding carboxylic acids is 1. The van der Waals surface area contributed by atoms with Crippen LogP contribution in [0.25, 0.3) is 22.3 Å². The first-order chi connectivity index (χ1) is 14.4. The number of aryl methyl sites for hydroxylation is 1. The number of benzene rings is 3. The number of carbonyl (C=O) groups is 1. The first-order valence-electron chi connectivity index (χ1n) is 9.97. The Morgan fingerprint density at radius 2 is 1.70 bits per heavy atom. The molecule has 30 heavy (non-hydrogen) atoms. The van der Waals surface area contributed by atoms with Gasteiger partial charge in [-0.05, 0) is 48.7 Å². The third-order valence-electron chi connectivity index (χ3n) is 5.13. The summed E-state index contributed by atoms with van der Waals surface area (Å²) in [6, 6.07) is 22.0. The van der Waals surface area contributed by atoms with Crippen LogP contribution in [0.15, 0.2) is 82.0 Å². The minimum absolute atomic E-state index is 0.147. The van der Waals surface area contributed by atoms with Crippen LogP contribution in [-0.4, -0.2) is 5.91 Å². The van der Waals surface area contributed by atoms with Crippen LogP contribution in [0.5, 0.6) is 0 Å². The maximum atomic E-state index is 12.7. The lowest BCUT2D eigenvalue weighted by atomic mass is 10.0. The minimum atomic E-state index is -0.218. The Kier molecular flexibility index (Phi) is 5.23. The van der Waals surface area contributed by atoms with Crippen molar-refractivity contribution in [3.8, 4) is 11.3 Å². The number of hydrogen-bond acceptors (Lipinski definition) is 3. The van der Waals surface area contributed by atoms with Gasteiger partial charge in [0.15, 0.2) is 5.43 Å². The zero-order valence-electron chi connectivity index (χ0n) is 17.2. The molecule has 4 aromatic rings. The molecule has 3 aromatic carbocycles. The second-order valence-corrected chi connectivity index (χ2v) is 7.79. The Hall–Kier alpha value is -3.66. The SMILES string of the molecule is Cc1cccc(C(=O)Nc2ccc3oc(-c4ccc(C(C)C)cc4)cc(=O)c3c2)c1. The molecule has 4 nitrogen and oxygen atoms in total. The number of anilines is 1. The standard InChI is InChI=1S/C26H23NO3/c1-16(2)18-7-9-19(10-8-18)25-15-23(28)22-14-21(11-12-24(22)30-25)27-26(29)20-6-4-5-17(3)13-20/h4-16H,1-3H3,(H,27,29). The molecule has 0 aliphatic carbocycles. The molecule has 4 heteroatoms. The van der Waals surface area contributed by atoms with Gasteiger partial charge in [-0.15, -0.1) is 0 Å². The highest BCUT2D eigenvalue weighted by Gasteiger charge is 2.11. The van der Waals surface area contributed by atoms with Crippen molar-refractivity contribution in [1.82, 2.24) is 0 Å². The van der Waals surface area contributed by atoms with E-state index in [0.29, 0.717) is 33.9 Å². The average Bonchev–Trinajstić information content (AvgIpc) is 2.74. The average molecular weight is 397 g/mol. The summed E-state index contributed by atoms with van der Waals surface area (Å²) in [7, 11) is 0. The zero-order valence-corrected chi connectivity index (χ0v) is 17.2. The molecule has 0 saturated heterocycles. The Bertz CT molecular complexity index is 1280. The second-order valence-electron chi connectivity index (χ2n) is 7.79. The molecule has 0 spiro atoms. The second kappa shape index (κ2) is 7.99. The van der Waals surface area contributed by atoms with Crippen LogP contribution in [0.3, 0.4) is 0 Å². The molecule has 0 fully saturated rings. The van der Waals surface area contributed by atoms with E-state index >= 15 is 0 Å². The monoisotopic (exact) mass is 397 g/mol. The van der Waals surface area contributed by atoms with Gasteiger partial charge >= 0.3 is 0 Å². The van der Waals surface area contributed by atoms with Crippen LogP contribution < -0.4 is 10.7 Å². The summed E-state index contributed by atoms with van der Waals surface area (Å²) in [5.41, 5.74) is 4.56. The van der Waals surface area contributed by atoms with Gasteiger partial charge in [0.2, 0.25) is 0 Å². The van der Waals surface area contributed by atoms with Crippen LogP contribution in [0.4, 0.5) is 5.69 Å². The van der Waals surface area contributed by atoms with E-state index in [2.05, 4.69) is 19.2 Å². The van der Waals surface area contributed by atoms with E-state index in [1.54, 1.807) is 24.3 Å². The molecule has 0 unspecified atom stereocenters. The van der Waals surface area contributed by atoms with Gasteiger partial charge in [0.05, 0.1) is 5.39 Å². The van der Waals surface area contributed by atoms with E-state index in [4.69, 9.17) is 4.42 Å². The van der Waals surface area contributed by atoms with Crippen LogP contribution in [-0.2, 0) is 0 Å². The van der Waals surface area contributed by atoms with Gasteiger partial charge in [-0.1, -0.05) is 55.8 Å². The highest BCUT2D eigenvalue weighted by atomic mass is 16.3. The molecule has 4 rings (SSSR count). The lowest BCUT2D eigenvalue weighted by Crippen LogP contribution is -2.12. The summed E-state index contributed by atoms with van der Waals surface area (Å²) in [6.45, 7) is 6.22. The Morgan fingerprint density at radius 3 is 2.40 bits per heavy atom. The molecule has 1 heterocycles. The fraction of sp³-hybridized carbons (Fsp3) is 0.154. The van der Waals surface area contributed by atoms with Gasteiger partial charge in [0.25, 0.3) is 5.91 Å². The molecule has 0 aliphatic rings. The van der Waals surface area contributed by atoms with E-state index in [-0.39, 0.29) is 11.3 Å². The first kappa shape index (κ1) is 19.6. The Morgan fingerprint density at radius 1 is 0.933 bits per heavy atom. The third-order valence-corrected chi connectivity index (χ3v) is 5.13. The van der Waals surface area contributed by atoms with E-state index < -0.39 is 0 Å². The zero-order chi connectivity index (χ0) is 21.3. The van der Waals surface area contributed by atoms with Crippen molar-refractivity contribution in [3.05, 3.63) is 99.7 Å². The van der Waals surface area contributed by atoms with E-state index in [9.17, 15) is 9.59 Å². The predicted molar refractivity (Wildman–Crippen MR) is 121 cm³/mol. The molecule has 1 amide bonds. The van der Waals surface area contributed by atoms with E-state index in [0.717, 1.165) is 11.1 Å². The van der Waals surface area contributed by atoms with Gasteiger partial charge in [-0.25, -0.2) is 0 Å². The van der Waals surface area contributed by atoms with Crippen molar-refractivity contribution in [2.45, 2.75) is 26.7 Å². The topological polar surface area (TPSA) is 59.3 Å². The van der Waals surface area contributed by atoms with Crippen LogP contribution in [0, 0.1) is 6.92 Å². The summed E-state index contributed by atoms with van der Waals surface area (Å²) >= 11 is 0. The lowest BCUT2D eigenvalue weighted by molar-refractivity contribution is 0.102. The number of hydrogen-bond donors (Lipinski definition) is 1. The third kappa shape index (κ3) is 4.03. The van der Waals surface area contributed by atoms with E-state index in [1.165, 1.54) is 11.6 Å². The van der Waals surface area contributed by atoms with Gasteiger partial charge in [0.1, 0.15) is 11.3 Å². The first-order valence-corrected chi connectivity index (χ1v) is 9.97. The van der Waals surface area contributed by atoms with Crippen molar-refractivity contribution in [2.24, 2.45) is 0 Å². The van der Waals surface area contributed by atoms with Crippen molar-refractivity contribution in [3.63, 3.8) is 0 Å². The summed E-state index contributed by atoms with van der Waals surface area (Å²) in [5.74, 6) is 0.750. The maximum absolute atomic E-state index is 12.7. The van der Waals surface area contributed by atoms with Crippen molar-refractivity contribution in [1.29, 1.82) is 0 Å². The molecule has 0 atom stereocenters. The Labute approximate surface area is 175 Å². The molecule has 0 saturated carbocycles. The maximum Gasteiger partial charge on any atom is 0.255 e. The van der Waals surface area contributed by atoms with Crippen LogP contribution in [0.1, 0.15) is 41.3 Å². The lowest BCUT2D eigenvalue weighted by Gasteiger charge is -2.09. The largest absolute Gasteiger partial charge is 0.456 e. The molecular weight excluding hydrogens is 374 g/mol. The van der Waals surface area contributed by atoms with Crippen molar-refractivity contribution in [2.75, 3.05) is 5.32 Å². The molecule has 0 aliphatic heterocycles. The molecule has 0 bridgehead atoms. The molecule has 0 radical (unpaired) electrons. The normalized spacial score (nSPS) is 11.1. The predicted octanol–water partition coefficient (Wildman–Crippen LogP) is 6.14. The van der Waals surface area contributed by atoms with Gasteiger partial charge in [-0.3, -0.25) is 9.59 Å².